The lowest BCUT2D eigenvalue weighted by atomic mass is 9.73. The minimum Gasteiger partial charge on any atom is -0.361 e. The highest BCUT2D eigenvalue weighted by Gasteiger charge is 2.45. The molecule has 2 aliphatic rings. The molecule has 0 bridgehead atoms. The van der Waals surface area contributed by atoms with E-state index in [1.165, 1.54) is 11.1 Å². The van der Waals surface area contributed by atoms with Crippen molar-refractivity contribution in [2.45, 2.75) is 32.7 Å². The Labute approximate surface area is 152 Å². The summed E-state index contributed by atoms with van der Waals surface area (Å²) in [5.41, 5.74) is 2.39. The summed E-state index contributed by atoms with van der Waals surface area (Å²) in [5.74, 6) is 0.698. The smallest absolute Gasteiger partial charge is 0.276 e. The Bertz CT molecular complexity index is 849. The second kappa shape index (κ2) is 6.27. The summed E-state index contributed by atoms with van der Waals surface area (Å²) in [6.07, 6.45) is 2.09. The monoisotopic (exact) mass is 353 g/mol. The fourth-order valence-corrected chi connectivity index (χ4v) is 4.21. The highest BCUT2D eigenvalue weighted by Crippen LogP contribution is 2.40. The molecule has 136 valence electrons. The molecule has 4 rings (SSSR count). The van der Waals surface area contributed by atoms with Gasteiger partial charge >= 0.3 is 0 Å². The van der Waals surface area contributed by atoms with Crippen molar-refractivity contribution in [3.8, 4) is 0 Å². The van der Waals surface area contributed by atoms with Crippen LogP contribution in [0.3, 0.4) is 0 Å². The van der Waals surface area contributed by atoms with E-state index in [9.17, 15) is 9.59 Å². The molecule has 1 aromatic heterocycles. The van der Waals surface area contributed by atoms with Gasteiger partial charge in [-0.15, -0.1) is 0 Å². The van der Waals surface area contributed by atoms with Crippen LogP contribution in [-0.2, 0) is 17.8 Å². The molecule has 1 saturated heterocycles. The van der Waals surface area contributed by atoms with E-state index in [0.29, 0.717) is 43.9 Å². The lowest BCUT2D eigenvalue weighted by Gasteiger charge is -2.41. The Balaban J connectivity index is 1.55. The maximum atomic E-state index is 13.1. The molecule has 6 nitrogen and oxygen atoms in total. The molecule has 0 radical (unpaired) electrons. The number of amides is 2. The number of benzene rings is 1. The van der Waals surface area contributed by atoms with Crippen molar-refractivity contribution >= 4 is 11.8 Å². The van der Waals surface area contributed by atoms with Crippen LogP contribution in [0.4, 0.5) is 0 Å². The van der Waals surface area contributed by atoms with E-state index in [1.54, 1.807) is 17.9 Å². The van der Waals surface area contributed by atoms with Gasteiger partial charge in [0.25, 0.3) is 5.91 Å². The van der Waals surface area contributed by atoms with Gasteiger partial charge in [-0.3, -0.25) is 9.59 Å². The van der Waals surface area contributed by atoms with Gasteiger partial charge in [-0.1, -0.05) is 29.4 Å². The van der Waals surface area contributed by atoms with Gasteiger partial charge in [0.15, 0.2) is 5.69 Å². The lowest BCUT2D eigenvalue weighted by molar-refractivity contribution is -0.143. The van der Waals surface area contributed by atoms with Crippen LogP contribution in [0.15, 0.2) is 34.9 Å². The average Bonchev–Trinajstić information content (AvgIpc) is 3.05. The van der Waals surface area contributed by atoms with Crippen LogP contribution >= 0.6 is 0 Å². The van der Waals surface area contributed by atoms with E-state index in [2.05, 4.69) is 17.3 Å². The van der Waals surface area contributed by atoms with Crippen LogP contribution in [0, 0.1) is 12.3 Å². The lowest BCUT2D eigenvalue weighted by Crippen LogP contribution is -2.50. The van der Waals surface area contributed by atoms with E-state index >= 15 is 0 Å². The van der Waals surface area contributed by atoms with E-state index in [1.807, 2.05) is 24.1 Å². The molecule has 2 aliphatic heterocycles. The van der Waals surface area contributed by atoms with Crippen molar-refractivity contribution in [3.05, 3.63) is 52.9 Å². The molecule has 1 spiro atoms. The molecule has 0 atom stereocenters. The first kappa shape index (κ1) is 16.8. The topological polar surface area (TPSA) is 66.7 Å². The normalized spacial score (nSPS) is 19.4. The highest BCUT2D eigenvalue weighted by atomic mass is 16.5. The summed E-state index contributed by atoms with van der Waals surface area (Å²) in [5, 5.41) is 3.83. The summed E-state index contributed by atoms with van der Waals surface area (Å²) in [7, 11) is 1.88. The third-order valence-electron chi connectivity index (χ3n) is 5.71. The molecule has 0 unspecified atom stereocenters. The second-order valence-corrected chi connectivity index (χ2v) is 7.50. The Morgan fingerprint density at radius 2 is 1.88 bits per heavy atom. The van der Waals surface area contributed by atoms with Gasteiger partial charge in [0, 0.05) is 32.7 Å². The third-order valence-corrected chi connectivity index (χ3v) is 5.71. The number of carbonyl (C=O) groups excluding carboxylic acids is 2. The Hall–Kier alpha value is -2.63. The van der Waals surface area contributed by atoms with E-state index in [0.717, 1.165) is 6.42 Å². The quantitative estimate of drug-likeness (QED) is 0.790. The molecular formula is C20H23N3O3. The number of rotatable bonds is 1. The number of piperidine rings is 1. The third kappa shape index (κ3) is 2.79. The average molecular weight is 353 g/mol. The number of aryl methyl sites for hydroxylation is 1. The van der Waals surface area contributed by atoms with Gasteiger partial charge in [0.2, 0.25) is 5.91 Å². The van der Waals surface area contributed by atoms with Crippen molar-refractivity contribution < 1.29 is 14.1 Å². The predicted octanol–water partition coefficient (Wildman–Crippen LogP) is 2.42. The molecule has 26 heavy (non-hydrogen) atoms. The molecule has 6 heteroatoms. The van der Waals surface area contributed by atoms with Crippen molar-refractivity contribution in [3.63, 3.8) is 0 Å². The van der Waals surface area contributed by atoms with Crippen molar-refractivity contribution in [2.24, 2.45) is 5.41 Å². The minimum absolute atomic E-state index is 0.119. The summed E-state index contributed by atoms with van der Waals surface area (Å²) >= 11 is 0. The number of carbonyl (C=O) groups is 2. The Morgan fingerprint density at radius 1 is 1.19 bits per heavy atom. The van der Waals surface area contributed by atoms with Gasteiger partial charge in [-0.25, -0.2) is 0 Å². The van der Waals surface area contributed by atoms with Crippen molar-refractivity contribution in [1.29, 1.82) is 0 Å². The zero-order valence-corrected chi connectivity index (χ0v) is 15.2. The molecular weight excluding hydrogens is 330 g/mol. The number of hydrogen-bond acceptors (Lipinski definition) is 4. The molecule has 0 N–H and O–H groups in total. The predicted molar refractivity (Wildman–Crippen MR) is 95.4 cm³/mol. The summed E-state index contributed by atoms with van der Waals surface area (Å²) in [6.45, 7) is 3.54. The number of aromatic nitrogens is 1. The van der Waals surface area contributed by atoms with Gasteiger partial charge in [0.05, 0.1) is 5.41 Å². The largest absolute Gasteiger partial charge is 0.361 e. The second-order valence-electron chi connectivity index (χ2n) is 7.50. The van der Waals surface area contributed by atoms with Gasteiger partial charge in [-0.2, -0.15) is 0 Å². The highest BCUT2D eigenvalue weighted by molar-refractivity contribution is 5.92. The van der Waals surface area contributed by atoms with E-state index in [4.69, 9.17) is 4.52 Å². The van der Waals surface area contributed by atoms with E-state index < -0.39 is 5.41 Å². The fraction of sp³-hybridized carbons (Fsp3) is 0.450. The van der Waals surface area contributed by atoms with Crippen LogP contribution < -0.4 is 0 Å². The molecule has 2 amide bonds. The molecule has 0 saturated carbocycles. The minimum atomic E-state index is -0.419. The van der Waals surface area contributed by atoms with Gasteiger partial charge in [-0.05, 0) is 37.3 Å². The standard InChI is InChI=1S/C20H23N3O3/c1-14-11-17(21-26-14)18(24)23-9-7-20(8-10-23)12-15-5-3-4-6-16(15)13-22(2)19(20)25/h3-6,11H,7-10,12-13H2,1-2H3. The maximum absolute atomic E-state index is 13.1. The van der Waals surface area contributed by atoms with Crippen LogP contribution in [0.25, 0.3) is 0 Å². The van der Waals surface area contributed by atoms with Crippen LogP contribution in [-0.4, -0.2) is 46.9 Å². The van der Waals surface area contributed by atoms with Crippen LogP contribution in [0.5, 0.6) is 0 Å². The summed E-state index contributed by atoms with van der Waals surface area (Å²) in [6, 6.07) is 9.95. The number of hydrogen-bond donors (Lipinski definition) is 0. The fourth-order valence-electron chi connectivity index (χ4n) is 4.21. The first-order valence-electron chi connectivity index (χ1n) is 9.03. The zero-order chi connectivity index (χ0) is 18.3. The maximum Gasteiger partial charge on any atom is 0.276 e. The first-order valence-corrected chi connectivity index (χ1v) is 9.03. The Morgan fingerprint density at radius 3 is 2.54 bits per heavy atom. The first-order chi connectivity index (χ1) is 12.5. The van der Waals surface area contributed by atoms with Crippen LogP contribution in [0.2, 0.25) is 0 Å². The summed E-state index contributed by atoms with van der Waals surface area (Å²) < 4.78 is 5.01. The molecule has 0 aliphatic carbocycles. The van der Waals surface area contributed by atoms with Crippen molar-refractivity contribution in [1.82, 2.24) is 15.0 Å². The molecule has 1 fully saturated rings. The van der Waals surface area contributed by atoms with E-state index in [-0.39, 0.29) is 11.8 Å². The number of likely N-dealkylation sites (tertiary alicyclic amines) is 1. The molecule has 3 heterocycles. The number of nitrogens with zero attached hydrogens (tertiary/aromatic N) is 3. The Kier molecular flexibility index (Phi) is 4.05. The van der Waals surface area contributed by atoms with Crippen molar-refractivity contribution in [2.75, 3.05) is 20.1 Å². The molecule has 2 aromatic rings. The number of fused-ring (bicyclic) bond motifs is 1. The van der Waals surface area contributed by atoms with Crippen LogP contribution in [0.1, 0.15) is 40.2 Å². The van der Waals surface area contributed by atoms with Gasteiger partial charge in [0.1, 0.15) is 5.76 Å². The summed E-state index contributed by atoms with van der Waals surface area (Å²) in [4.78, 5) is 29.4. The molecule has 1 aromatic carbocycles. The SMILES string of the molecule is Cc1cc(C(=O)N2CCC3(CC2)Cc2ccccc2CN(C)C3=O)no1. The van der Waals surface area contributed by atoms with Gasteiger partial charge < -0.3 is 14.3 Å². The zero-order valence-electron chi connectivity index (χ0n) is 15.2.